The number of hydrogen-bond donors (Lipinski definition) is 1. The lowest BCUT2D eigenvalue weighted by atomic mass is 10.1. The SMILES string of the molecule is COCCCOP(=O)(CCCC#N)OC[C@H]1O[C@@H](n2ccc(N)nc2=O)C2OC(C)(C)OC21. The Morgan fingerprint density at radius 1 is 1.27 bits per heavy atom. The monoisotopic (exact) mass is 486 g/mol. The smallest absolute Gasteiger partial charge is 0.351 e. The molecule has 0 saturated carbocycles. The third kappa shape index (κ3) is 6.61. The van der Waals surface area contributed by atoms with Gasteiger partial charge < -0.3 is 33.7 Å². The van der Waals surface area contributed by atoms with E-state index in [0.29, 0.717) is 19.4 Å². The summed E-state index contributed by atoms with van der Waals surface area (Å²) in [6.45, 7) is 4.06. The van der Waals surface area contributed by atoms with Gasteiger partial charge in [-0.05, 0) is 32.8 Å². The summed E-state index contributed by atoms with van der Waals surface area (Å²) in [5.41, 5.74) is 5.01. The van der Waals surface area contributed by atoms with Crippen LogP contribution in [0.4, 0.5) is 5.82 Å². The fourth-order valence-corrected chi connectivity index (χ4v) is 5.41. The number of ether oxygens (including phenoxy) is 4. The maximum Gasteiger partial charge on any atom is 0.351 e. The fraction of sp³-hybridized carbons (Fsp3) is 0.750. The van der Waals surface area contributed by atoms with Crippen LogP contribution >= 0.6 is 7.60 Å². The number of methoxy groups -OCH3 is 1. The molecule has 12 nitrogen and oxygen atoms in total. The Morgan fingerprint density at radius 2 is 2.03 bits per heavy atom. The molecule has 0 radical (unpaired) electrons. The van der Waals surface area contributed by atoms with E-state index < -0.39 is 43.6 Å². The second-order valence-electron chi connectivity index (χ2n) is 8.24. The van der Waals surface area contributed by atoms with Gasteiger partial charge in [-0.1, -0.05) is 0 Å². The highest BCUT2D eigenvalue weighted by molar-refractivity contribution is 7.53. The van der Waals surface area contributed by atoms with E-state index in [0.717, 1.165) is 0 Å². The number of unbranched alkanes of at least 4 members (excludes halogenated alkanes) is 1. The van der Waals surface area contributed by atoms with E-state index in [-0.39, 0.29) is 31.6 Å². The number of fused-ring (bicyclic) bond motifs is 1. The van der Waals surface area contributed by atoms with Crippen LogP contribution in [0.15, 0.2) is 17.1 Å². The maximum absolute atomic E-state index is 13.3. The first-order chi connectivity index (χ1) is 15.7. The van der Waals surface area contributed by atoms with Crippen LogP contribution in [-0.4, -0.2) is 66.7 Å². The second kappa shape index (κ2) is 11.1. The van der Waals surface area contributed by atoms with Crippen LogP contribution in [0.5, 0.6) is 0 Å². The van der Waals surface area contributed by atoms with E-state index >= 15 is 0 Å². The molecule has 0 spiro atoms. The van der Waals surface area contributed by atoms with Crippen molar-refractivity contribution < 1.29 is 32.6 Å². The third-order valence-corrected chi connectivity index (χ3v) is 7.17. The number of anilines is 1. The Bertz CT molecular complexity index is 949. The van der Waals surface area contributed by atoms with Crippen molar-refractivity contribution in [2.24, 2.45) is 0 Å². The molecule has 5 atom stereocenters. The fourth-order valence-electron chi connectivity index (χ4n) is 3.75. The van der Waals surface area contributed by atoms with Crippen molar-refractivity contribution in [3.05, 3.63) is 22.7 Å². The zero-order valence-electron chi connectivity index (χ0n) is 19.0. The minimum absolute atomic E-state index is 0.0959. The van der Waals surface area contributed by atoms with Crippen molar-refractivity contribution in [2.45, 2.75) is 63.4 Å². The minimum atomic E-state index is -3.50. The summed E-state index contributed by atoms with van der Waals surface area (Å²) in [6, 6.07) is 3.51. The lowest BCUT2D eigenvalue weighted by molar-refractivity contribution is -0.200. The summed E-state index contributed by atoms with van der Waals surface area (Å²) >= 11 is 0. The van der Waals surface area contributed by atoms with Gasteiger partial charge in [0.15, 0.2) is 12.0 Å². The number of nitrogens with two attached hydrogens (primary N) is 1. The Kier molecular flexibility index (Phi) is 8.64. The normalized spacial score (nSPS) is 27.7. The van der Waals surface area contributed by atoms with Crippen LogP contribution in [0.25, 0.3) is 0 Å². The largest absolute Gasteiger partial charge is 0.385 e. The zero-order valence-corrected chi connectivity index (χ0v) is 19.9. The van der Waals surface area contributed by atoms with Crippen LogP contribution in [0, 0.1) is 11.3 Å². The van der Waals surface area contributed by atoms with E-state index in [9.17, 15) is 9.36 Å². The molecule has 3 unspecified atom stereocenters. The molecule has 3 heterocycles. The summed E-state index contributed by atoms with van der Waals surface area (Å²) in [5, 5.41) is 8.81. The molecule has 33 heavy (non-hydrogen) atoms. The molecule has 0 bridgehead atoms. The molecule has 2 saturated heterocycles. The van der Waals surface area contributed by atoms with Crippen LogP contribution in [-0.2, 0) is 32.6 Å². The highest BCUT2D eigenvalue weighted by Crippen LogP contribution is 2.51. The third-order valence-electron chi connectivity index (χ3n) is 5.19. The highest BCUT2D eigenvalue weighted by Gasteiger charge is 2.56. The summed E-state index contributed by atoms with van der Waals surface area (Å²) in [6.07, 6.45) is 0.0414. The summed E-state index contributed by atoms with van der Waals surface area (Å²) < 4.78 is 48.9. The number of aromatic nitrogens is 2. The van der Waals surface area contributed by atoms with Crippen LogP contribution in [0.2, 0.25) is 0 Å². The zero-order chi connectivity index (χ0) is 24.1. The van der Waals surface area contributed by atoms with E-state index in [1.807, 2.05) is 6.07 Å². The number of rotatable bonds is 12. The molecule has 13 heteroatoms. The first-order valence-electron chi connectivity index (χ1n) is 10.8. The maximum atomic E-state index is 13.3. The Labute approximate surface area is 192 Å². The van der Waals surface area contributed by atoms with Crippen LogP contribution in [0.1, 0.15) is 39.3 Å². The second-order valence-corrected chi connectivity index (χ2v) is 10.4. The topological polar surface area (TPSA) is 157 Å². The first-order valence-corrected chi connectivity index (χ1v) is 12.5. The van der Waals surface area contributed by atoms with Crippen LogP contribution in [0.3, 0.4) is 0 Å². The van der Waals surface area contributed by atoms with Gasteiger partial charge in [0.2, 0.25) is 0 Å². The summed E-state index contributed by atoms with van der Waals surface area (Å²) in [5.74, 6) is -0.813. The predicted molar refractivity (Wildman–Crippen MR) is 116 cm³/mol. The van der Waals surface area contributed by atoms with Gasteiger partial charge in [-0.2, -0.15) is 10.2 Å². The molecule has 1 aromatic heterocycles. The average Bonchev–Trinajstić information content (AvgIpc) is 3.23. The molecule has 184 valence electrons. The molecular weight excluding hydrogens is 455 g/mol. The van der Waals surface area contributed by atoms with E-state index in [4.69, 9.17) is 39.0 Å². The molecule has 0 aliphatic carbocycles. The van der Waals surface area contributed by atoms with Gasteiger partial charge in [-0.15, -0.1) is 0 Å². The van der Waals surface area contributed by atoms with Crippen molar-refractivity contribution in [3.8, 4) is 6.07 Å². The van der Waals surface area contributed by atoms with Crippen LogP contribution < -0.4 is 11.4 Å². The molecular formula is C20H31N4O8P. The van der Waals surface area contributed by atoms with Gasteiger partial charge in [0, 0.05) is 26.3 Å². The Balaban J connectivity index is 1.73. The molecule has 0 aromatic carbocycles. The first kappa shape index (κ1) is 25.8. The molecule has 2 aliphatic heterocycles. The van der Waals surface area contributed by atoms with Gasteiger partial charge in [0.05, 0.1) is 25.4 Å². The van der Waals surface area contributed by atoms with Crippen molar-refractivity contribution >= 4 is 13.4 Å². The van der Waals surface area contributed by atoms with Crippen molar-refractivity contribution in [1.29, 1.82) is 5.26 Å². The summed E-state index contributed by atoms with van der Waals surface area (Å²) in [4.78, 5) is 16.1. The average molecular weight is 486 g/mol. The molecule has 2 aliphatic rings. The number of hydrogen-bond acceptors (Lipinski definition) is 11. The van der Waals surface area contributed by atoms with Gasteiger partial charge in [-0.3, -0.25) is 9.13 Å². The van der Waals surface area contributed by atoms with Crippen molar-refractivity contribution in [1.82, 2.24) is 9.55 Å². The van der Waals surface area contributed by atoms with Crippen molar-refractivity contribution in [3.63, 3.8) is 0 Å². The Hall–Kier alpha value is -1.84. The van der Waals surface area contributed by atoms with E-state index in [1.54, 1.807) is 21.0 Å². The minimum Gasteiger partial charge on any atom is -0.385 e. The van der Waals surface area contributed by atoms with Gasteiger partial charge >= 0.3 is 13.3 Å². The lowest BCUT2D eigenvalue weighted by Gasteiger charge is -2.26. The molecule has 2 N–H and O–H groups in total. The Morgan fingerprint density at radius 3 is 2.73 bits per heavy atom. The van der Waals surface area contributed by atoms with Crippen molar-refractivity contribution in [2.75, 3.05) is 38.8 Å². The molecule has 3 rings (SSSR count). The number of nitriles is 1. The van der Waals surface area contributed by atoms with E-state index in [1.165, 1.54) is 16.8 Å². The molecule has 2 fully saturated rings. The van der Waals surface area contributed by atoms with Gasteiger partial charge in [0.1, 0.15) is 24.1 Å². The summed E-state index contributed by atoms with van der Waals surface area (Å²) in [7, 11) is -1.93. The standard InChI is InChI=1S/C20H31N4O8P/c1-20(2)31-16-14(13-29-33(26,12-5-4-8-21)28-11-6-10-27-3)30-18(17(16)32-20)24-9-7-15(22)23-19(24)25/h7,9,14,16-18H,4-6,10-13H2,1-3H3,(H2,22,23,25)/t14-,16?,17?,18-,33?/m1/s1. The van der Waals surface area contributed by atoms with Gasteiger partial charge in [0.25, 0.3) is 0 Å². The number of nitrogens with zero attached hydrogens (tertiary/aromatic N) is 3. The highest BCUT2D eigenvalue weighted by atomic mass is 31.2. The van der Waals surface area contributed by atoms with E-state index in [2.05, 4.69) is 4.98 Å². The van der Waals surface area contributed by atoms with Gasteiger partial charge in [-0.25, -0.2) is 4.79 Å². The molecule has 1 aromatic rings. The number of nitrogen functional groups attached to an aromatic ring is 1. The quantitative estimate of drug-likeness (QED) is 0.339. The molecule has 0 amide bonds. The predicted octanol–water partition coefficient (Wildman–Crippen LogP) is 1.81. The lowest BCUT2D eigenvalue weighted by Crippen LogP contribution is -2.35.